The first-order valence-electron chi connectivity index (χ1n) is 6.59. The smallest absolute Gasteiger partial charge is 0.331 e. The van der Waals surface area contributed by atoms with Crippen LogP contribution < -0.4 is 5.32 Å². The lowest BCUT2D eigenvalue weighted by Gasteiger charge is -2.05. The zero-order valence-corrected chi connectivity index (χ0v) is 12.4. The highest BCUT2D eigenvalue weighted by molar-refractivity contribution is 6.30. The van der Waals surface area contributed by atoms with E-state index in [1.165, 1.54) is 6.08 Å². The van der Waals surface area contributed by atoms with Gasteiger partial charge in [0.2, 0.25) is 0 Å². The number of amides is 1. The van der Waals surface area contributed by atoms with Crippen molar-refractivity contribution in [2.45, 2.75) is 0 Å². The summed E-state index contributed by atoms with van der Waals surface area (Å²) in [6, 6.07) is 16.0. The van der Waals surface area contributed by atoms with Gasteiger partial charge >= 0.3 is 5.97 Å². The van der Waals surface area contributed by atoms with Gasteiger partial charge in [-0.3, -0.25) is 4.79 Å². The number of carbonyl (C=O) groups excluding carboxylic acids is 2. The molecule has 0 aliphatic heterocycles. The van der Waals surface area contributed by atoms with Crippen LogP contribution in [0.25, 0.3) is 6.08 Å². The molecule has 0 atom stereocenters. The Bertz CT molecular complexity index is 683. The number of hydrogen-bond acceptors (Lipinski definition) is 3. The number of benzene rings is 2. The van der Waals surface area contributed by atoms with Gasteiger partial charge in [0.25, 0.3) is 5.91 Å². The molecule has 2 rings (SSSR count). The van der Waals surface area contributed by atoms with E-state index >= 15 is 0 Å². The number of anilines is 1. The third-order valence-electron chi connectivity index (χ3n) is 2.67. The summed E-state index contributed by atoms with van der Waals surface area (Å²) >= 11 is 5.81. The van der Waals surface area contributed by atoms with Gasteiger partial charge in [0.05, 0.1) is 0 Å². The number of hydrogen-bond donors (Lipinski definition) is 1. The van der Waals surface area contributed by atoms with Crippen LogP contribution in [0.2, 0.25) is 5.02 Å². The van der Waals surface area contributed by atoms with Crippen molar-refractivity contribution in [1.29, 1.82) is 0 Å². The molecule has 1 amide bonds. The molecule has 0 radical (unpaired) electrons. The van der Waals surface area contributed by atoms with Gasteiger partial charge in [0, 0.05) is 16.8 Å². The Hall–Kier alpha value is -2.59. The van der Waals surface area contributed by atoms with Crippen molar-refractivity contribution >= 4 is 35.2 Å². The summed E-state index contributed by atoms with van der Waals surface area (Å²) in [5.74, 6) is -1.01. The number of carbonyl (C=O) groups is 2. The van der Waals surface area contributed by atoms with E-state index < -0.39 is 11.9 Å². The number of rotatable bonds is 5. The number of nitrogens with one attached hydrogen (secondary N) is 1. The molecular formula is C17H14ClNO3. The van der Waals surface area contributed by atoms with Crippen molar-refractivity contribution in [1.82, 2.24) is 0 Å². The fourth-order valence-corrected chi connectivity index (χ4v) is 1.87. The maximum absolute atomic E-state index is 11.6. The molecule has 112 valence electrons. The van der Waals surface area contributed by atoms with Crippen molar-refractivity contribution < 1.29 is 14.3 Å². The lowest BCUT2D eigenvalue weighted by Crippen LogP contribution is -2.20. The normalized spacial score (nSPS) is 10.4. The topological polar surface area (TPSA) is 55.4 Å². The predicted molar refractivity (Wildman–Crippen MR) is 86.5 cm³/mol. The Morgan fingerprint density at radius 3 is 2.59 bits per heavy atom. The summed E-state index contributed by atoms with van der Waals surface area (Å²) < 4.78 is 4.86. The van der Waals surface area contributed by atoms with Gasteiger partial charge in [-0.05, 0) is 29.8 Å². The number of ether oxygens (including phenoxy) is 1. The highest BCUT2D eigenvalue weighted by Crippen LogP contribution is 2.14. The Morgan fingerprint density at radius 1 is 1.09 bits per heavy atom. The Morgan fingerprint density at radius 2 is 1.86 bits per heavy atom. The Labute approximate surface area is 133 Å². The highest BCUT2D eigenvalue weighted by atomic mass is 35.5. The highest BCUT2D eigenvalue weighted by Gasteiger charge is 2.05. The van der Waals surface area contributed by atoms with Crippen molar-refractivity contribution in [3.63, 3.8) is 0 Å². The van der Waals surface area contributed by atoms with Gasteiger partial charge in [0.1, 0.15) is 0 Å². The minimum absolute atomic E-state index is 0.357. The summed E-state index contributed by atoms with van der Waals surface area (Å²) in [4.78, 5) is 23.2. The van der Waals surface area contributed by atoms with Gasteiger partial charge in [-0.25, -0.2) is 4.79 Å². The third kappa shape index (κ3) is 5.42. The number of halogens is 1. The van der Waals surface area contributed by atoms with Crippen LogP contribution in [-0.4, -0.2) is 18.5 Å². The second-order valence-corrected chi connectivity index (χ2v) is 4.85. The predicted octanol–water partition coefficient (Wildman–Crippen LogP) is 3.54. The molecule has 0 fully saturated rings. The van der Waals surface area contributed by atoms with Gasteiger partial charge in [-0.15, -0.1) is 0 Å². The second kappa shape index (κ2) is 8.00. The molecule has 0 aliphatic carbocycles. The monoisotopic (exact) mass is 315 g/mol. The van der Waals surface area contributed by atoms with Crippen LogP contribution in [0.4, 0.5) is 5.69 Å². The van der Waals surface area contributed by atoms with Gasteiger partial charge in [0.15, 0.2) is 6.61 Å². The van der Waals surface area contributed by atoms with Gasteiger partial charge in [-0.2, -0.15) is 0 Å². The molecule has 22 heavy (non-hydrogen) atoms. The average molecular weight is 316 g/mol. The van der Waals surface area contributed by atoms with Gasteiger partial charge in [-0.1, -0.05) is 48.0 Å². The first-order chi connectivity index (χ1) is 10.6. The fourth-order valence-electron chi connectivity index (χ4n) is 1.68. The zero-order valence-electron chi connectivity index (χ0n) is 11.7. The first-order valence-corrected chi connectivity index (χ1v) is 6.96. The average Bonchev–Trinajstić information content (AvgIpc) is 2.52. The van der Waals surface area contributed by atoms with E-state index in [-0.39, 0.29) is 6.61 Å². The molecule has 2 aromatic rings. The van der Waals surface area contributed by atoms with E-state index in [9.17, 15) is 9.59 Å². The minimum Gasteiger partial charge on any atom is -0.452 e. The van der Waals surface area contributed by atoms with Crippen LogP contribution in [0.5, 0.6) is 0 Å². The van der Waals surface area contributed by atoms with Gasteiger partial charge < -0.3 is 10.1 Å². The molecule has 0 bridgehead atoms. The van der Waals surface area contributed by atoms with E-state index in [1.54, 1.807) is 30.3 Å². The van der Waals surface area contributed by atoms with Crippen molar-refractivity contribution in [3.8, 4) is 0 Å². The first kappa shape index (κ1) is 15.8. The van der Waals surface area contributed by atoms with Crippen LogP contribution in [-0.2, 0) is 14.3 Å². The summed E-state index contributed by atoms with van der Waals surface area (Å²) in [6.07, 6.45) is 2.90. The summed E-state index contributed by atoms with van der Waals surface area (Å²) in [6.45, 7) is -0.357. The largest absolute Gasteiger partial charge is 0.452 e. The van der Waals surface area contributed by atoms with Crippen LogP contribution >= 0.6 is 11.6 Å². The lowest BCUT2D eigenvalue weighted by molar-refractivity contribution is -0.142. The second-order valence-electron chi connectivity index (χ2n) is 4.41. The quantitative estimate of drug-likeness (QED) is 0.678. The lowest BCUT2D eigenvalue weighted by atomic mass is 10.2. The summed E-state index contributed by atoms with van der Waals surface area (Å²) in [5, 5.41) is 3.10. The molecular weight excluding hydrogens is 302 g/mol. The molecule has 0 saturated heterocycles. The van der Waals surface area contributed by atoms with E-state index in [4.69, 9.17) is 16.3 Å². The van der Waals surface area contributed by atoms with Crippen LogP contribution in [0.15, 0.2) is 60.7 Å². The molecule has 0 unspecified atom stereocenters. The van der Waals surface area contributed by atoms with E-state index in [0.29, 0.717) is 10.7 Å². The SMILES string of the molecule is O=C(COC(=O)C=Cc1ccccc1)Nc1cccc(Cl)c1. The van der Waals surface area contributed by atoms with Crippen molar-refractivity contribution in [3.05, 3.63) is 71.3 Å². The molecule has 0 spiro atoms. The molecule has 1 N–H and O–H groups in total. The standard InChI is InChI=1S/C17H14ClNO3/c18-14-7-4-8-15(11-14)19-16(20)12-22-17(21)10-9-13-5-2-1-3-6-13/h1-11H,12H2,(H,19,20). The van der Waals surface area contributed by atoms with Crippen molar-refractivity contribution in [2.24, 2.45) is 0 Å². The minimum atomic E-state index is -0.579. The molecule has 0 aromatic heterocycles. The fraction of sp³-hybridized carbons (Fsp3) is 0.0588. The van der Waals surface area contributed by atoms with E-state index in [0.717, 1.165) is 5.56 Å². The Balaban J connectivity index is 1.78. The molecule has 5 heteroatoms. The maximum Gasteiger partial charge on any atom is 0.331 e. The number of esters is 1. The zero-order chi connectivity index (χ0) is 15.8. The molecule has 0 aliphatic rings. The van der Waals surface area contributed by atoms with Crippen LogP contribution in [0.1, 0.15) is 5.56 Å². The molecule has 0 saturated carbocycles. The summed E-state index contributed by atoms with van der Waals surface area (Å²) in [5.41, 5.74) is 1.43. The van der Waals surface area contributed by atoms with Crippen LogP contribution in [0, 0.1) is 0 Å². The Kier molecular flexibility index (Phi) is 5.74. The van der Waals surface area contributed by atoms with E-state index in [2.05, 4.69) is 5.32 Å². The third-order valence-corrected chi connectivity index (χ3v) is 2.90. The van der Waals surface area contributed by atoms with Crippen molar-refractivity contribution in [2.75, 3.05) is 11.9 Å². The van der Waals surface area contributed by atoms with Crippen LogP contribution in [0.3, 0.4) is 0 Å². The molecule has 2 aromatic carbocycles. The maximum atomic E-state index is 11.6. The molecule has 4 nitrogen and oxygen atoms in total. The van der Waals surface area contributed by atoms with E-state index in [1.807, 2.05) is 30.3 Å². The molecule has 0 heterocycles. The summed E-state index contributed by atoms with van der Waals surface area (Å²) in [7, 11) is 0.